The van der Waals surface area contributed by atoms with E-state index < -0.39 is 10.0 Å². The third-order valence-electron chi connectivity index (χ3n) is 3.97. The van der Waals surface area contributed by atoms with Crippen LogP contribution in [0.1, 0.15) is 12.8 Å². The summed E-state index contributed by atoms with van der Waals surface area (Å²) < 4.78 is 26.7. The van der Waals surface area contributed by atoms with Gasteiger partial charge in [0.15, 0.2) is 0 Å². The number of rotatable bonds is 6. The molecule has 5 nitrogen and oxygen atoms in total. The Labute approximate surface area is 158 Å². The molecule has 7 heteroatoms. The zero-order valence-corrected chi connectivity index (χ0v) is 15.8. The molecule has 0 bridgehead atoms. The Kier molecular flexibility index (Phi) is 6.13. The molecule has 26 heavy (non-hydrogen) atoms. The number of benzene rings is 2. The molecule has 1 aliphatic rings. The van der Waals surface area contributed by atoms with Crippen LogP contribution in [-0.2, 0) is 14.8 Å². The van der Waals surface area contributed by atoms with Gasteiger partial charge in [0, 0.05) is 29.7 Å². The number of nitrogens with one attached hydrogen (secondary N) is 1. The van der Waals surface area contributed by atoms with Crippen molar-refractivity contribution in [2.24, 2.45) is 0 Å². The summed E-state index contributed by atoms with van der Waals surface area (Å²) in [6.07, 6.45) is 3.21. The van der Waals surface area contributed by atoms with Crippen molar-refractivity contribution >= 4 is 33.4 Å². The number of hydrogen-bond donors (Lipinski definition) is 1. The van der Waals surface area contributed by atoms with Crippen LogP contribution in [0.2, 0.25) is 0 Å². The first-order valence-electron chi connectivity index (χ1n) is 8.35. The van der Waals surface area contributed by atoms with Gasteiger partial charge in [-0.15, -0.1) is 0 Å². The van der Waals surface area contributed by atoms with Crippen molar-refractivity contribution in [2.75, 3.05) is 18.4 Å². The maximum Gasteiger partial charge on any atom is 0.248 e. The van der Waals surface area contributed by atoms with Crippen LogP contribution in [0.25, 0.3) is 0 Å². The molecule has 1 N–H and O–H groups in total. The highest BCUT2D eigenvalue weighted by atomic mass is 32.2. The Morgan fingerprint density at radius 3 is 2.50 bits per heavy atom. The van der Waals surface area contributed by atoms with E-state index >= 15 is 0 Å². The molecule has 0 aromatic heterocycles. The van der Waals surface area contributed by atoms with Crippen LogP contribution in [0.15, 0.2) is 75.9 Å². The number of thioether (sulfide) groups is 1. The molecule has 1 saturated heterocycles. The van der Waals surface area contributed by atoms with Crippen molar-refractivity contribution in [2.45, 2.75) is 22.6 Å². The molecule has 1 fully saturated rings. The Balaban J connectivity index is 1.64. The van der Waals surface area contributed by atoms with Crippen molar-refractivity contribution < 1.29 is 13.2 Å². The van der Waals surface area contributed by atoms with E-state index in [4.69, 9.17) is 0 Å². The fraction of sp³-hybridized carbons (Fsp3) is 0.211. The molecule has 1 amide bonds. The third-order valence-corrected chi connectivity index (χ3v) is 6.68. The minimum Gasteiger partial charge on any atom is -0.322 e. The number of sulfonamides is 1. The number of amides is 1. The molecular formula is C19H20N2O3S2. The predicted octanol–water partition coefficient (Wildman–Crippen LogP) is 3.72. The molecule has 1 heterocycles. The van der Waals surface area contributed by atoms with Gasteiger partial charge in [-0.3, -0.25) is 4.79 Å². The Morgan fingerprint density at radius 1 is 1.04 bits per heavy atom. The first-order valence-corrected chi connectivity index (χ1v) is 10.7. The fourth-order valence-electron chi connectivity index (χ4n) is 2.67. The van der Waals surface area contributed by atoms with E-state index in [0.717, 1.165) is 17.7 Å². The van der Waals surface area contributed by atoms with E-state index in [2.05, 4.69) is 5.32 Å². The maximum atomic E-state index is 12.6. The SMILES string of the molecule is O=C(/C=C/Sc1ccccc1)Nc1cccc(S(=O)(=O)N2CCCC2)c1. The van der Waals surface area contributed by atoms with Crippen molar-refractivity contribution in [3.8, 4) is 0 Å². The molecule has 0 atom stereocenters. The molecule has 0 radical (unpaired) electrons. The molecule has 1 aliphatic heterocycles. The molecule has 0 unspecified atom stereocenters. The standard InChI is InChI=1S/C19H20N2O3S2/c22-19(11-14-25-17-8-2-1-3-9-17)20-16-7-6-10-18(15-16)26(23,24)21-12-4-5-13-21/h1-3,6-11,14-15H,4-5,12-13H2,(H,20,22)/b14-11+. The van der Waals surface area contributed by atoms with Crippen LogP contribution in [0.4, 0.5) is 5.69 Å². The van der Waals surface area contributed by atoms with Gasteiger partial charge >= 0.3 is 0 Å². The summed E-state index contributed by atoms with van der Waals surface area (Å²) in [5, 5.41) is 4.41. The average Bonchev–Trinajstić information content (AvgIpc) is 3.18. The average molecular weight is 389 g/mol. The van der Waals surface area contributed by atoms with Gasteiger partial charge in [-0.05, 0) is 48.6 Å². The Bertz CT molecular complexity index is 890. The topological polar surface area (TPSA) is 66.5 Å². The van der Waals surface area contributed by atoms with E-state index in [1.54, 1.807) is 23.6 Å². The summed E-state index contributed by atoms with van der Waals surface area (Å²) in [6.45, 7) is 1.11. The van der Waals surface area contributed by atoms with E-state index in [-0.39, 0.29) is 10.8 Å². The molecule has 0 aliphatic carbocycles. The normalized spacial score (nSPS) is 15.4. The van der Waals surface area contributed by atoms with Gasteiger partial charge in [-0.1, -0.05) is 36.0 Å². The predicted molar refractivity (Wildman–Crippen MR) is 105 cm³/mol. The number of carbonyl (C=O) groups is 1. The van der Waals surface area contributed by atoms with Gasteiger partial charge in [0.2, 0.25) is 15.9 Å². The lowest BCUT2D eigenvalue weighted by Gasteiger charge is -2.16. The number of carbonyl (C=O) groups excluding carboxylic acids is 1. The van der Waals surface area contributed by atoms with Crippen LogP contribution in [0.5, 0.6) is 0 Å². The second kappa shape index (κ2) is 8.53. The number of hydrogen-bond acceptors (Lipinski definition) is 4. The van der Waals surface area contributed by atoms with Gasteiger partial charge in [-0.25, -0.2) is 8.42 Å². The summed E-state index contributed by atoms with van der Waals surface area (Å²) in [5.41, 5.74) is 0.463. The monoisotopic (exact) mass is 388 g/mol. The lowest BCUT2D eigenvalue weighted by Crippen LogP contribution is -2.27. The van der Waals surface area contributed by atoms with Crippen molar-refractivity contribution in [3.63, 3.8) is 0 Å². The summed E-state index contributed by atoms with van der Waals surface area (Å²) >= 11 is 1.44. The first-order chi connectivity index (χ1) is 12.6. The van der Waals surface area contributed by atoms with Gasteiger partial charge < -0.3 is 5.32 Å². The summed E-state index contributed by atoms with van der Waals surface area (Å²) in [5.74, 6) is -0.302. The quantitative estimate of drug-likeness (QED) is 0.605. The molecule has 2 aromatic carbocycles. The molecule has 136 valence electrons. The highest BCUT2D eigenvalue weighted by molar-refractivity contribution is 8.02. The molecule has 0 spiro atoms. The van der Waals surface area contributed by atoms with Crippen LogP contribution in [0.3, 0.4) is 0 Å². The summed E-state index contributed by atoms with van der Waals surface area (Å²) in [6, 6.07) is 16.1. The third kappa shape index (κ3) is 4.75. The lowest BCUT2D eigenvalue weighted by atomic mass is 10.3. The number of nitrogens with zero attached hydrogens (tertiary/aromatic N) is 1. The smallest absolute Gasteiger partial charge is 0.248 e. The number of anilines is 1. The van der Waals surface area contributed by atoms with E-state index in [1.807, 2.05) is 30.3 Å². The van der Waals surface area contributed by atoms with Crippen LogP contribution < -0.4 is 5.32 Å². The Hall–Kier alpha value is -2.09. The van der Waals surface area contributed by atoms with E-state index in [9.17, 15) is 13.2 Å². The zero-order valence-electron chi connectivity index (χ0n) is 14.2. The molecule has 2 aromatic rings. The summed E-state index contributed by atoms with van der Waals surface area (Å²) in [7, 11) is -3.49. The second-order valence-corrected chi connectivity index (χ2v) is 8.78. The second-order valence-electron chi connectivity index (χ2n) is 5.86. The lowest BCUT2D eigenvalue weighted by molar-refractivity contribution is -0.111. The first kappa shape index (κ1) is 18.7. The van der Waals surface area contributed by atoms with Crippen molar-refractivity contribution in [3.05, 3.63) is 66.1 Å². The molecule has 3 rings (SSSR count). The minimum atomic E-state index is -3.49. The van der Waals surface area contributed by atoms with E-state index in [0.29, 0.717) is 18.8 Å². The fourth-order valence-corrected chi connectivity index (χ4v) is 4.90. The molecule has 0 saturated carbocycles. The van der Waals surface area contributed by atoms with Gasteiger partial charge in [0.25, 0.3) is 0 Å². The maximum absolute atomic E-state index is 12.6. The Morgan fingerprint density at radius 2 is 1.77 bits per heavy atom. The largest absolute Gasteiger partial charge is 0.322 e. The van der Waals surface area contributed by atoms with Crippen LogP contribution >= 0.6 is 11.8 Å². The van der Waals surface area contributed by atoms with Gasteiger partial charge in [0.05, 0.1) is 4.90 Å². The molecular weight excluding hydrogens is 368 g/mol. The highest BCUT2D eigenvalue weighted by Crippen LogP contribution is 2.23. The van der Waals surface area contributed by atoms with Crippen molar-refractivity contribution in [1.29, 1.82) is 0 Å². The van der Waals surface area contributed by atoms with Crippen molar-refractivity contribution in [1.82, 2.24) is 4.31 Å². The zero-order chi connectivity index (χ0) is 18.4. The van der Waals surface area contributed by atoms with E-state index in [1.165, 1.54) is 28.2 Å². The van der Waals surface area contributed by atoms with Crippen LogP contribution in [0, 0.1) is 0 Å². The van der Waals surface area contributed by atoms with Gasteiger partial charge in [-0.2, -0.15) is 4.31 Å². The minimum absolute atomic E-state index is 0.208. The summed E-state index contributed by atoms with van der Waals surface area (Å²) in [4.78, 5) is 13.3. The van der Waals surface area contributed by atoms with Gasteiger partial charge in [0.1, 0.15) is 0 Å². The highest BCUT2D eigenvalue weighted by Gasteiger charge is 2.27. The van der Waals surface area contributed by atoms with Crippen LogP contribution in [-0.4, -0.2) is 31.7 Å².